The van der Waals surface area contributed by atoms with Crippen LogP contribution in [-0.2, 0) is 6.18 Å². The molecule has 0 aliphatic heterocycles. The van der Waals surface area contributed by atoms with Crippen LogP contribution in [-0.4, -0.2) is 15.2 Å². The Kier molecular flexibility index (Phi) is 3.40. The minimum Gasteiger partial charge on any atom is -0.398 e. The average molecular weight is 295 g/mol. The van der Waals surface area contributed by atoms with E-state index in [4.69, 9.17) is 17.3 Å². The Morgan fingerprint density at radius 3 is 2.61 bits per heavy atom. The first-order valence-corrected chi connectivity index (χ1v) is 5.78. The van der Waals surface area contributed by atoms with E-state index in [9.17, 15) is 13.2 Å². The summed E-state index contributed by atoms with van der Waals surface area (Å²) in [6.07, 6.45) is -4.54. The first-order valence-electron chi connectivity index (χ1n) is 4.59. The van der Waals surface area contributed by atoms with Gasteiger partial charge in [0, 0.05) is 15.6 Å². The molecule has 0 aliphatic carbocycles. The smallest absolute Gasteiger partial charge is 0.398 e. The number of benzene rings is 1. The van der Waals surface area contributed by atoms with Gasteiger partial charge in [-0.15, -0.1) is 5.10 Å². The van der Waals surface area contributed by atoms with Crippen LogP contribution in [0.25, 0.3) is 0 Å². The molecule has 18 heavy (non-hydrogen) atoms. The van der Waals surface area contributed by atoms with Crippen molar-refractivity contribution in [1.82, 2.24) is 15.2 Å². The molecule has 0 unspecified atom stereocenters. The number of H-pyrrole nitrogens is 1. The number of rotatable bonds is 2. The summed E-state index contributed by atoms with van der Waals surface area (Å²) in [5.41, 5.74) is 6.02. The SMILES string of the molecule is Nc1cc(Cl)ccc1Sc1n[nH]c(C(F)(F)F)n1. The second kappa shape index (κ2) is 4.69. The summed E-state index contributed by atoms with van der Waals surface area (Å²) in [7, 11) is 0. The minimum absolute atomic E-state index is 0.0589. The zero-order chi connectivity index (χ0) is 13.3. The number of nitrogens with two attached hydrogens (primary N) is 1. The number of alkyl halides is 3. The molecule has 3 N–H and O–H groups in total. The second-order valence-electron chi connectivity index (χ2n) is 3.25. The van der Waals surface area contributed by atoms with E-state index in [0.29, 0.717) is 15.6 Å². The van der Waals surface area contributed by atoms with Crippen LogP contribution in [0.3, 0.4) is 0 Å². The Morgan fingerprint density at radius 2 is 2.06 bits per heavy atom. The van der Waals surface area contributed by atoms with Gasteiger partial charge in [0.2, 0.25) is 11.0 Å². The van der Waals surface area contributed by atoms with Crippen molar-refractivity contribution in [3.05, 3.63) is 29.0 Å². The highest BCUT2D eigenvalue weighted by Crippen LogP contribution is 2.33. The van der Waals surface area contributed by atoms with Crippen molar-refractivity contribution in [1.29, 1.82) is 0 Å². The normalized spacial score (nSPS) is 11.8. The number of hydrogen-bond acceptors (Lipinski definition) is 4. The van der Waals surface area contributed by atoms with Crippen LogP contribution in [0.1, 0.15) is 5.82 Å². The zero-order valence-corrected chi connectivity index (χ0v) is 10.2. The first-order chi connectivity index (χ1) is 8.36. The highest BCUT2D eigenvalue weighted by atomic mass is 35.5. The van der Waals surface area contributed by atoms with Crippen LogP contribution in [0.5, 0.6) is 0 Å². The van der Waals surface area contributed by atoms with Crippen LogP contribution in [0, 0.1) is 0 Å². The molecule has 9 heteroatoms. The van der Waals surface area contributed by atoms with Gasteiger partial charge in [-0.25, -0.2) is 0 Å². The van der Waals surface area contributed by atoms with Crippen molar-refractivity contribution in [3.63, 3.8) is 0 Å². The van der Waals surface area contributed by atoms with Crippen molar-refractivity contribution < 1.29 is 13.2 Å². The number of nitrogens with one attached hydrogen (secondary N) is 1. The molecule has 0 spiro atoms. The Balaban J connectivity index is 2.21. The van der Waals surface area contributed by atoms with E-state index >= 15 is 0 Å². The lowest BCUT2D eigenvalue weighted by Crippen LogP contribution is -2.07. The highest BCUT2D eigenvalue weighted by molar-refractivity contribution is 7.99. The van der Waals surface area contributed by atoms with Crippen LogP contribution in [0.4, 0.5) is 18.9 Å². The molecule has 1 aromatic heterocycles. The van der Waals surface area contributed by atoms with Crippen molar-refractivity contribution in [2.75, 3.05) is 5.73 Å². The van der Waals surface area contributed by atoms with Crippen LogP contribution in [0.15, 0.2) is 28.3 Å². The van der Waals surface area contributed by atoms with Gasteiger partial charge in [-0.1, -0.05) is 11.6 Å². The lowest BCUT2D eigenvalue weighted by atomic mass is 10.3. The third-order valence-corrected chi connectivity index (χ3v) is 3.10. The van der Waals surface area contributed by atoms with Gasteiger partial charge >= 0.3 is 6.18 Å². The van der Waals surface area contributed by atoms with E-state index in [0.717, 1.165) is 11.8 Å². The van der Waals surface area contributed by atoms with Crippen LogP contribution >= 0.6 is 23.4 Å². The molecule has 0 saturated heterocycles. The van der Waals surface area contributed by atoms with Gasteiger partial charge in [0.15, 0.2) is 0 Å². The Bertz CT molecular complexity index is 569. The molecule has 96 valence electrons. The number of nitrogens with zero attached hydrogens (tertiary/aromatic N) is 2. The summed E-state index contributed by atoms with van der Waals surface area (Å²) >= 11 is 6.63. The fourth-order valence-electron chi connectivity index (χ4n) is 1.13. The molecule has 0 fully saturated rings. The van der Waals surface area contributed by atoms with Gasteiger partial charge in [-0.05, 0) is 30.0 Å². The van der Waals surface area contributed by atoms with E-state index in [-0.39, 0.29) is 5.16 Å². The third kappa shape index (κ3) is 2.88. The number of aromatic nitrogens is 3. The molecule has 0 saturated carbocycles. The lowest BCUT2D eigenvalue weighted by molar-refractivity contribution is -0.144. The van der Waals surface area contributed by atoms with Gasteiger partial charge in [-0.3, -0.25) is 5.10 Å². The fourth-order valence-corrected chi connectivity index (χ4v) is 2.05. The topological polar surface area (TPSA) is 67.6 Å². The first kappa shape index (κ1) is 13.0. The Hall–Kier alpha value is -1.41. The Labute approximate surface area is 109 Å². The molecule has 0 aliphatic rings. The summed E-state index contributed by atoms with van der Waals surface area (Å²) in [6, 6.07) is 4.67. The molecule has 4 nitrogen and oxygen atoms in total. The lowest BCUT2D eigenvalue weighted by Gasteiger charge is -2.02. The largest absolute Gasteiger partial charge is 0.451 e. The molecular formula is C9H6ClF3N4S. The number of halogens is 4. The molecule has 0 amide bonds. The molecule has 0 bridgehead atoms. The molecule has 0 atom stereocenters. The number of anilines is 1. The molecule has 1 heterocycles. The van der Waals surface area contributed by atoms with Gasteiger partial charge in [0.05, 0.1) is 0 Å². The van der Waals surface area contributed by atoms with E-state index in [1.807, 2.05) is 5.10 Å². The summed E-state index contributed by atoms with van der Waals surface area (Å²) in [4.78, 5) is 3.86. The second-order valence-corrected chi connectivity index (χ2v) is 4.69. The summed E-state index contributed by atoms with van der Waals surface area (Å²) in [5, 5.41) is 5.67. The van der Waals surface area contributed by atoms with Gasteiger partial charge in [0.25, 0.3) is 0 Å². The minimum atomic E-state index is -4.54. The van der Waals surface area contributed by atoms with Gasteiger partial charge in [0.1, 0.15) is 0 Å². The summed E-state index contributed by atoms with van der Waals surface area (Å²) in [6.45, 7) is 0. The van der Waals surface area contributed by atoms with Crippen molar-refractivity contribution in [2.45, 2.75) is 16.2 Å². The van der Waals surface area contributed by atoms with E-state index in [1.165, 1.54) is 6.07 Å². The van der Waals surface area contributed by atoms with E-state index in [1.54, 1.807) is 12.1 Å². The maximum atomic E-state index is 12.3. The molecular weight excluding hydrogens is 289 g/mol. The molecule has 2 aromatic rings. The van der Waals surface area contributed by atoms with Crippen molar-refractivity contribution in [2.24, 2.45) is 0 Å². The van der Waals surface area contributed by atoms with Crippen LogP contribution in [0.2, 0.25) is 5.02 Å². The number of nitrogen functional groups attached to an aromatic ring is 1. The zero-order valence-electron chi connectivity index (χ0n) is 8.62. The maximum Gasteiger partial charge on any atom is 0.451 e. The fraction of sp³-hybridized carbons (Fsp3) is 0.111. The van der Waals surface area contributed by atoms with E-state index in [2.05, 4.69) is 10.1 Å². The summed E-state index contributed by atoms with van der Waals surface area (Å²) in [5.74, 6) is -1.14. The summed E-state index contributed by atoms with van der Waals surface area (Å²) < 4.78 is 36.9. The van der Waals surface area contributed by atoms with E-state index < -0.39 is 12.0 Å². The Morgan fingerprint density at radius 1 is 1.33 bits per heavy atom. The standard InChI is InChI=1S/C9H6ClF3N4S/c10-4-1-2-6(5(14)3-4)18-8-15-7(16-17-8)9(11,12)13/h1-3H,14H2,(H,15,16,17). The van der Waals surface area contributed by atoms with Crippen LogP contribution < -0.4 is 5.73 Å². The third-order valence-electron chi connectivity index (χ3n) is 1.91. The monoisotopic (exact) mass is 294 g/mol. The van der Waals surface area contributed by atoms with Crippen molar-refractivity contribution >= 4 is 29.1 Å². The number of aromatic amines is 1. The number of hydrogen-bond donors (Lipinski definition) is 2. The van der Waals surface area contributed by atoms with Gasteiger partial charge < -0.3 is 5.73 Å². The van der Waals surface area contributed by atoms with Crippen molar-refractivity contribution in [3.8, 4) is 0 Å². The average Bonchev–Trinajstić information content (AvgIpc) is 2.70. The molecule has 2 rings (SSSR count). The predicted molar refractivity (Wildman–Crippen MR) is 61.4 cm³/mol. The molecule has 1 aromatic carbocycles. The quantitative estimate of drug-likeness (QED) is 0.835. The molecule has 0 radical (unpaired) electrons. The predicted octanol–water partition coefficient (Wildman–Crippen LogP) is 3.21. The highest BCUT2D eigenvalue weighted by Gasteiger charge is 2.35. The maximum absolute atomic E-state index is 12.3. The van der Waals surface area contributed by atoms with Gasteiger partial charge in [-0.2, -0.15) is 18.2 Å².